The average molecular weight is 427 g/mol. The number of rotatable bonds is 5. The molecule has 4 fully saturated rings. The summed E-state index contributed by atoms with van der Waals surface area (Å²) >= 11 is 0. The van der Waals surface area contributed by atoms with Gasteiger partial charge in [-0.2, -0.15) is 0 Å². The van der Waals surface area contributed by atoms with E-state index in [1.807, 2.05) is 0 Å². The highest BCUT2D eigenvalue weighted by molar-refractivity contribution is 5.72. The Bertz CT molecular complexity index is 586. The molecule has 0 heterocycles. The smallest absolute Gasteiger partial charge is 0.309 e. The minimum absolute atomic E-state index is 0.0878. The Hall–Kier alpha value is -0.970. The predicted octanol–water partition coefficient (Wildman–Crippen LogP) is 7.84. The van der Waals surface area contributed by atoms with Crippen molar-refractivity contribution in [1.82, 2.24) is 0 Å². The molecule has 0 aliphatic heterocycles. The van der Waals surface area contributed by atoms with Gasteiger partial charge < -0.3 is 4.74 Å². The summed E-state index contributed by atoms with van der Waals surface area (Å²) in [5.41, 5.74) is 0. The second-order valence-electron chi connectivity index (χ2n) is 11.3. The Balaban J connectivity index is 1.10. The van der Waals surface area contributed by atoms with E-state index >= 15 is 0 Å². The highest BCUT2D eigenvalue weighted by Gasteiger charge is 2.29. The summed E-state index contributed by atoms with van der Waals surface area (Å²) in [6, 6.07) is 0. The Morgan fingerprint density at radius 1 is 0.581 bits per heavy atom. The quantitative estimate of drug-likeness (QED) is 0.330. The van der Waals surface area contributed by atoms with Gasteiger partial charge in [-0.25, -0.2) is 0 Å². The molecule has 4 aliphatic carbocycles. The van der Waals surface area contributed by atoms with Crippen LogP contribution < -0.4 is 0 Å². The highest BCUT2D eigenvalue weighted by Crippen LogP contribution is 2.36. The number of hydrogen-bond donors (Lipinski definition) is 0. The lowest BCUT2D eigenvalue weighted by Gasteiger charge is -2.29. The monoisotopic (exact) mass is 426 g/mol. The molecule has 4 aliphatic rings. The fraction of sp³-hybridized carbons (Fsp3) is 0.897. The molecule has 31 heavy (non-hydrogen) atoms. The third-order valence-corrected chi connectivity index (χ3v) is 8.94. The second-order valence-corrected chi connectivity index (χ2v) is 11.3. The van der Waals surface area contributed by atoms with E-state index in [1.54, 1.807) is 0 Å². The maximum absolute atomic E-state index is 12.5. The number of ether oxygens (including phenoxy) is 1. The number of carbonyl (C=O) groups is 1. The van der Waals surface area contributed by atoms with Gasteiger partial charge in [0.2, 0.25) is 0 Å². The Labute approximate surface area is 191 Å². The maximum atomic E-state index is 12.5. The van der Waals surface area contributed by atoms with Gasteiger partial charge in [0.25, 0.3) is 0 Å². The molecule has 2 nitrogen and oxygen atoms in total. The van der Waals surface area contributed by atoms with Crippen LogP contribution in [-0.4, -0.2) is 12.1 Å². The first-order chi connectivity index (χ1) is 15.3. The predicted molar refractivity (Wildman–Crippen MR) is 127 cm³/mol. The van der Waals surface area contributed by atoms with E-state index in [1.165, 1.54) is 89.9 Å². The van der Waals surface area contributed by atoms with Crippen molar-refractivity contribution in [3.8, 4) is 11.8 Å². The highest BCUT2D eigenvalue weighted by atomic mass is 16.5. The minimum atomic E-state index is 0.0878. The average Bonchev–Trinajstić information content (AvgIpc) is 2.84. The lowest BCUT2D eigenvalue weighted by atomic mass is 9.77. The molecule has 0 N–H and O–H groups in total. The largest absolute Gasteiger partial charge is 0.462 e. The zero-order valence-corrected chi connectivity index (χ0v) is 19.9. The van der Waals surface area contributed by atoms with Crippen molar-refractivity contribution in [2.45, 2.75) is 135 Å². The van der Waals surface area contributed by atoms with E-state index < -0.39 is 0 Å². The maximum Gasteiger partial charge on any atom is 0.309 e. The Morgan fingerprint density at radius 2 is 1.06 bits per heavy atom. The van der Waals surface area contributed by atoms with Crippen molar-refractivity contribution >= 4 is 5.97 Å². The molecule has 174 valence electrons. The van der Waals surface area contributed by atoms with Gasteiger partial charge in [-0.1, -0.05) is 63.2 Å². The summed E-state index contributed by atoms with van der Waals surface area (Å²) in [4.78, 5) is 12.5. The molecule has 0 unspecified atom stereocenters. The zero-order valence-electron chi connectivity index (χ0n) is 19.9. The summed E-state index contributed by atoms with van der Waals surface area (Å²) in [6.45, 7) is 0. The van der Waals surface area contributed by atoms with E-state index in [0.29, 0.717) is 11.8 Å². The molecule has 0 radical (unpaired) electrons. The molecule has 0 atom stereocenters. The van der Waals surface area contributed by atoms with Crippen LogP contribution in [0.5, 0.6) is 0 Å². The van der Waals surface area contributed by atoms with Crippen LogP contribution in [0.3, 0.4) is 0 Å². The Morgan fingerprint density at radius 3 is 1.65 bits per heavy atom. The minimum Gasteiger partial charge on any atom is -0.462 e. The standard InChI is InChI=1S/C29H46O2/c30-29(31-28-9-5-2-6-10-28)27-21-19-26(20-22-27)18-17-25-15-13-24(14-16-25)12-11-23-7-3-1-4-8-23/h23-28H,1-16,19-22H2. The summed E-state index contributed by atoms with van der Waals surface area (Å²) in [6.07, 6.45) is 26.2. The van der Waals surface area contributed by atoms with Gasteiger partial charge in [-0.3, -0.25) is 4.79 Å². The molecular formula is C29H46O2. The van der Waals surface area contributed by atoms with E-state index in [0.717, 1.165) is 50.4 Å². The normalized spacial score (nSPS) is 33.3. The van der Waals surface area contributed by atoms with Crippen molar-refractivity contribution in [1.29, 1.82) is 0 Å². The van der Waals surface area contributed by atoms with Gasteiger partial charge >= 0.3 is 5.97 Å². The SMILES string of the molecule is O=C(OC1CCCCC1)C1CCC(C#CC2CCC(CCC3CCCCC3)CC2)CC1. The zero-order chi connectivity index (χ0) is 21.3. The van der Waals surface area contributed by atoms with Crippen LogP contribution in [0.1, 0.15) is 128 Å². The van der Waals surface area contributed by atoms with Crippen LogP contribution >= 0.6 is 0 Å². The lowest BCUT2D eigenvalue weighted by molar-refractivity contribution is -0.156. The molecule has 0 aromatic carbocycles. The third-order valence-electron chi connectivity index (χ3n) is 8.94. The van der Waals surface area contributed by atoms with Crippen LogP contribution in [0.25, 0.3) is 0 Å². The van der Waals surface area contributed by atoms with Crippen LogP contribution in [0.2, 0.25) is 0 Å². The van der Waals surface area contributed by atoms with Gasteiger partial charge in [0.1, 0.15) is 6.10 Å². The van der Waals surface area contributed by atoms with E-state index in [-0.39, 0.29) is 18.0 Å². The van der Waals surface area contributed by atoms with Crippen molar-refractivity contribution < 1.29 is 9.53 Å². The first kappa shape index (κ1) is 23.2. The molecule has 0 aromatic rings. The summed E-state index contributed by atoms with van der Waals surface area (Å²) < 4.78 is 5.81. The van der Waals surface area contributed by atoms with Gasteiger partial charge in [-0.15, -0.1) is 0 Å². The van der Waals surface area contributed by atoms with Crippen molar-refractivity contribution in [2.24, 2.45) is 29.6 Å². The Kier molecular flexibility index (Phi) is 9.22. The van der Waals surface area contributed by atoms with Crippen molar-refractivity contribution in [2.75, 3.05) is 0 Å². The number of esters is 1. The van der Waals surface area contributed by atoms with Crippen LogP contribution in [0.4, 0.5) is 0 Å². The second kappa shape index (κ2) is 12.3. The van der Waals surface area contributed by atoms with E-state index in [9.17, 15) is 4.79 Å². The molecule has 0 saturated heterocycles. The summed E-state index contributed by atoms with van der Waals surface area (Å²) in [5, 5.41) is 0. The summed E-state index contributed by atoms with van der Waals surface area (Å²) in [5.74, 6) is 10.7. The molecule has 4 rings (SSSR count). The lowest BCUT2D eigenvalue weighted by Crippen LogP contribution is -2.28. The number of hydrogen-bond acceptors (Lipinski definition) is 2. The molecule has 0 aromatic heterocycles. The first-order valence-electron chi connectivity index (χ1n) is 14.0. The van der Waals surface area contributed by atoms with Crippen LogP contribution in [0.15, 0.2) is 0 Å². The van der Waals surface area contributed by atoms with Crippen molar-refractivity contribution in [3.63, 3.8) is 0 Å². The third kappa shape index (κ3) is 7.54. The van der Waals surface area contributed by atoms with Gasteiger partial charge in [0, 0.05) is 11.8 Å². The molecule has 4 saturated carbocycles. The summed E-state index contributed by atoms with van der Waals surface area (Å²) in [7, 11) is 0. The van der Waals surface area contributed by atoms with Crippen LogP contribution in [-0.2, 0) is 9.53 Å². The number of carbonyl (C=O) groups excluding carboxylic acids is 1. The fourth-order valence-electron chi connectivity index (χ4n) is 6.70. The van der Waals surface area contributed by atoms with Gasteiger partial charge in [0.05, 0.1) is 5.92 Å². The molecule has 2 heteroatoms. The molecule has 0 spiro atoms. The first-order valence-corrected chi connectivity index (χ1v) is 14.0. The molecular weight excluding hydrogens is 380 g/mol. The van der Waals surface area contributed by atoms with Gasteiger partial charge in [0.15, 0.2) is 0 Å². The topological polar surface area (TPSA) is 26.3 Å². The van der Waals surface area contributed by atoms with Crippen molar-refractivity contribution in [3.05, 3.63) is 0 Å². The van der Waals surface area contributed by atoms with E-state index in [2.05, 4.69) is 11.8 Å². The van der Waals surface area contributed by atoms with Crippen LogP contribution in [0, 0.1) is 41.4 Å². The fourth-order valence-corrected chi connectivity index (χ4v) is 6.70. The van der Waals surface area contributed by atoms with E-state index in [4.69, 9.17) is 4.74 Å². The molecule has 0 amide bonds. The molecule has 0 bridgehead atoms. The van der Waals surface area contributed by atoms with Gasteiger partial charge in [-0.05, 0) is 88.9 Å².